The first-order chi connectivity index (χ1) is 15.3. The monoisotopic (exact) mass is 441 g/mol. The lowest BCUT2D eigenvalue weighted by Crippen LogP contribution is -2.51. The van der Waals surface area contributed by atoms with E-state index in [0.717, 1.165) is 34.7 Å². The maximum absolute atomic E-state index is 13.1. The van der Waals surface area contributed by atoms with Crippen LogP contribution in [0.2, 0.25) is 0 Å². The van der Waals surface area contributed by atoms with Gasteiger partial charge in [0.15, 0.2) is 0 Å². The number of nitrogens with zero attached hydrogens (tertiary/aromatic N) is 3. The van der Waals surface area contributed by atoms with Crippen LogP contribution in [0.15, 0.2) is 24.3 Å². The average Bonchev–Trinajstić information content (AvgIpc) is 3.03. The van der Waals surface area contributed by atoms with Crippen molar-refractivity contribution in [2.45, 2.75) is 52.9 Å². The SMILES string of the molecule is CCOC(=O)C1(Cc2cccc(OC)c2)CCCN(C(=O)CCc2c(C)nn(C)c2C)C1. The zero-order valence-electron chi connectivity index (χ0n) is 19.9. The number of aromatic nitrogens is 2. The van der Waals surface area contributed by atoms with Crippen molar-refractivity contribution >= 4 is 11.9 Å². The second-order valence-corrected chi connectivity index (χ2v) is 8.72. The lowest BCUT2D eigenvalue weighted by atomic mass is 9.75. The quantitative estimate of drug-likeness (QED) is 0.587. The van der Waals surface area contributed by atoms with Crippen LogP contribution >= 0.6 is 0 Å². The maximum atomic E-state index is 13.1. The van der Waals surface area contributed by atoms with E-state index in [4.69, 9.17) is 9.47 Å². The minimum atomic E-state index is -0.740. The zero-order valence-corrected chi connectivity index (χ0v) is 19.9. The van der Waals surface area contributed by atoms with Crippen LogP contribution in [0, 0.1) is 19.3 Å². The Balaban J connectivity index is 1.76. The highest BCUT2D eigenvalue weighted by Crippen LogP contribution is 2.36. The Hall–Kier alpha value is -2.83. The minimum Gasteiger partial charge on any atom is -0.497 e. The summed E-state index contributed by atoms with van der Waals surface area (Å²) in [6.07, 6.45) is 3.06. The third kappa shape index (κ3) is 5.14. The lowest BCUT2D eigenvalue weighted by molar-refractivity contribution is -0.160. The summed E-state index contributed by atoms with van der Waals surface area (Å²) in [5.74, 6) is 0.610. The molecule has 0 radical (unpaired) electrons. The predicted octanol–water partition coefficient (Wildman–Crippen LogP) is 3.39. The van der Waals surface area contributed by atoms with Crippen molar-refractivity contribution in [1.29, 1.82) is 0 Å². The van der Waals surface area contributed by atoms with Crippen LogP contribution in [0.3, 0.4) is 0 Å². The summed E-state index contributed by atoms with van der Waals surface area (Å²) in [6.45, 7) is 7.21. The molecule has 1 fully saturated rings. The van der Waals surface area contributed by atoms with Gasteiger partial charge in [0.25, 0.3) is 0 Å². The second-order valence-electron chi connectivity index (χ2n) is 8.72. The van der Waals surface area contributed by atoms with Crippen LogP contribution < -0.4 is 4.74 Å². The van der Waals surface area contributed by atoms with E-state index in [0.29, 0.717) is 45.4 Å². The Morgan fingerprint density at radius 3 is 2.69 bits per heavy atom. The van der Waals surface area contributed by atoms with E-state index >= 15 is 0 Å². The molecule has 174 valence electrons. The second kappa shape index (κ2) is 10.2. The number of hydrogen-bond acceptors (Lipinski definition) is 5. The Bertz CT molecular complexity index is 968. The molecule has 0 aliphatic carbocycles. The molecule has 0 spiro atoms. The Labute approximate surface area is 190 Å². The number of piperidine rings is 1. The number of methoxy groups -OCH3 is 1. The van der Waals surface area contributed by atoms with Gasteiger partial charge < -0.3 is 14.4 Å². The van der Waals surface area contributed by atoms with Crippen LogP contribution in [0.25, 0.3) is 0 Å². The van der Waals surface area contributed by atoms with E-state index in [2.05, 4.69) is 5.10 Å². The molecule has 0 bridgehead atoms. The Morgan fingerprint density at radius 1 is 1.25 bits per heavy atom. The van der Waals surface area contributed by atoms with Gasteiger partial charge in [0.05, 0.1) is 24.8 Å². The summed E-state index contributed by atoms with van der Waals surface area (Å²) in [7, 11) is 3.55. The first-order valence-corrected chi connectivity index (χ1v) is 11.4. The van der Waals surface area contributed by atoms with Crippen LogP contribution in [0.1, 0.15) is 48.7 Å². The molecule has 2 heterocycles. The lowest BCUT2D eigenvalue weighted by Gasteiger charge is -2.41. The number of likely N-dealkylation sites (tertiary alicyclic amines) is 1. The standard InChI is InChI=1S/C25H35N3O4/c1-6-32-24(30)25(16-20-9-7-10-21(15-20)31-5)13-8-14-28(17-25)23(29)12-11-22-18(2)26-27(4)19(22)3/h7,9-10,15H,6,8,11-14,16-17H2,1-5H3. The van der Waals surface area contributed by atoms with Crippen molar-refractivity contribution in [3.8, 4) is 5.75 Å². The molecule has 1 aromatic heterocycles. The van der Waals surface area contributed by atoms with Gasteiger partial charge in [-0.25, -0.2) is 0 Å². The number of esters is 1. The topological polar surface area (TPSA) is 73.7 Å². The molecule has 0 saturated carbocycles. The maximum Gasteiger partial charge on any atom is 0.314 e. The summed E-state index contributed by atoms with van der Waals surface area (Å²) in [4.78, 5) is 28.1. The zero-order chi connectivity index (χ0) is 23.3. The Kier molecular flexibility index (Phi) is 7.59. The molecular formula is C25H35N3O4. The first kappa shape index (κ1) is 23.8. The molecule has 32 heavy (non-hydrogen) atoms. The number of benzene rings is 1. The number of hydrogen-bond donors (Lipinski definition) is 0. The molecule has 7 nitrogen and oxygen atoms in total. The van der Waals surface area contributed by atoms with E-state index in [9.17, 15) is 9.59 Å². The van der Waals surface area contributed by atoms with E-state index in [1.807, 2.05) is 61.7 Å². The van der Waals surface area contributed by atoms with E-state index in [1.165, 1.54) is 0 Å². The van der Waals surface area contributed by atoms with Gasteiger partial charge in [0, 0.05) is 32.3 Å². The summed E-state index contributed by atoms with van der Waals surface area (Å²) in [6, 6.07) is 7.77. The molecule has 7 heteroatoms. The first-order valence-electron chi connectivity index (χ1n) is 11.4. The van der Waals surface area contributed by atoms with Gasteiger partial charge in [-0.05, 0) is 69.7 Å². The average molecular weight is 442 g/mol. The van der Waals surface area contributed by atoms with Gasteiger partial charge in [-0.1, -0.05) is 12.1 Å². The molecule has 1 aliphatic heterocycles. The van der Waals surface area contributed by atoms with Gasteiger partial charge in [0.2, 0.25) is 5.91 Å². The van der Waals surface area contributed by atoms with E-state index in [-0.39, 0.29) is 11.9 Å². The van der Waals surface area contributed by atoms with Crippen LogP contribution in [-0.2, 0) is 34.2 Å². The molecule has 2 aromatic rings. The number of amides is 1. The van der Waals surface area contributed by atoms with E-state index in [1.54, 1.807) is 7.11 Å². The van der Waals surface area contributed by atoms with Gasteiger partial charge in [-0.2, -0.15) is 5.10 Å². The fourth-order valence-electron chi connectivity index (χ4n) is 4.75. The molecule has 1 amide bonds. The fraction of sp³-hybridized carbons (Fsp3) is 0.560. The number of carbonyl (C=O) groups is 2. The van der Waals surface area contributed by atoms with Crippen LogP contribution in [0.5, 0.6) is 5.75 Å². The molecule has 1 atom stereocenters. The van der Waals surface area contributed by atoms with Crippen molar-refractivity contribution < 1.29 is 19.1 Å². The fourth-order valence-corrected chi connectivity index (χ4v) is 4.75. The summed E-state index contributed by atoms with van der Waals surface area (Å²) in [5.41, 5.74) is 3.46. The summed E-state index contributed by atoms with van der Waals surface area (Å²) < 4.78 is 12.7. The molecule has 1 aromatic carbocycles. The van der Waals surface area contributed by atoms with Gasteiger partial charge in [0.1, 0.15) is 5.75 Å². The number of rotatable bonds is 8. The van der Waals surface area contributed by atoms with Crippen molar-refractivity contribution in [3.63, 3.8) is 0 Å². The normalized spacial score (nSPS) is 18.5. The summed E-state index contributed by atoms with van der Waals surface area (Å²) >= 11 is 0. The van der Waals surface area contributed by atoms with Gasteiger partial charge in [-0.15, -0.1) is 0 Å². The summed E-state index contributed by atoms with van der Waals surface area (Å²) in [5, 5.41) is 4.45. The molecule has 1 unspecified atom stereocenters. The molecule has 1 aliphatic rings. The molecule has 0 N–H and O–H groups in total. The third-order valence-corrected chi connectivity index (χ3v) is 6.56. The predicted molar refractivity (Wildman–Crippen MR) is 123 cm³/mol. The number of carbonyl (C=O) groups excluding carboxylic acids is 2. The highest BCUT2D eigenvalue weighted by atomic mass is 16.5. The Morgan fingerprint density at radius 2 is 2.03 bits per heavy atom. The molecular weight excluding hydrogens is 406 g/mol. The van der Waals surface area contributed by atoms with Gasteiger partial charge in [-0.3, -0.25) is 14.3 Å². The highest BCUT2D eigenvalue weighted by Gasteiger charge is 2.44. The van der Waals surface area contributed by atoms with Crippen molar-refractivity contribution in [3.05, 3.63) is 46.8 Å². The number of aryl methyl sites for hydroxylation is 2. The third-order valence-electron chi connectivity index (χ3n) is 6.56. The molecule has 1 saturated heterocycles. The van der Waals surface area contributed by atoms with Crippen LogP contribution in [0.4, 0.5) is 0 Å². The highest BCUT2D eigenvalue weighted by molar-refractivity contribution is 5.81. The largest absolute Gasteiger partial charge is 0.497 e. The van der Waals surface area contributed by atoms with E-state index < -0.39 is 5.41 Å². The minimum absolute atomic E-state index is 0.0756. The van der Waals surface area contributed by atoms with Crippen molar-refractivity contribution in [1.82, 2.24) is 14.7 Å². The number of ether oxygens (including phenoxy) is 2. The van der Waals surface area contributed by atoms with Crippen molar-refractivity contribution in [2.24, 2.45) is 12.5 Å². The smallest absolute Gasteiger partial charge is 0.314 e. The molecule has 3 rings (SSSR count). The van der Waals surface area contributed by atoms with Crippen molar-refractivity contribution in [2.75, 3.05) is 26.8 Å². The van der Waals surface area contributed by atoms with Crippen LogP contribution in [-0.4, -0.2) is 53.4 Å². The van der Waals surface area contributed by atoms with Gasteiger partial charge >= 0.3 is 5.97 Å².